The molecule has 2 rings (SSSR count). The zero-order valence-corrected chi connectivity index (χ0v) is 11.4. The number of aryl methyl sites for hydroxylation is 2. The molecule has 5 heteroatoms. The normalized spacial score (nSPS) is 10.6. The van der Waals surface area contributed by atoms with Crippen molar-refractivity contribution in [3.05, 3.63) is 47.7 Å². The van der Waals surface area contributed by atoms with Gasteiger partial charge >= 0.3 is 0 Å². The van der Waals surface area contributed by atoms with Gasteiger partial charge in [0.1, 0.15) is 11.6 Å². The summed E-state index contributed by atoms with van der Waals surface area (Å²) in [5, 5.41) is 13.3. The standard InChI is InChI=1S/C15H16N4O/c1-2-20-12-17-15-14(10-16)11-18-19(15)9-8-13-6-4-3-5-7-13/h3-7,11-12H,2,8-9H2,1H3/b17-12+. The third-order valence-corrected chi connectivity index (χ3v) is 2.80. The molecule has 2 aromatic rings. The Labute approximate surface area is 118 Å². The Hall–Kier alpha value is -2.61. The molecular formula is C15H16N4O. The molecule has 0 radical (unpaired) electrons. The minimum absolute atomic E-state index is 0.453. The van der Waals surface area contributed by atoms with Gasteiger partial charge in [-0.2, -0.15) is 15.4 Å². The van der Waals surface area contributed by atoms with E-state index in [9.17, 15) is 0 Å². The molecule has 0 amide bonds. The number of hydrogen-bond acceptors (Lipinski definition) is 4. The first-order valence-corrected chi connectivity index (χ1v) is 6.49. The molecule has 0 aliphatic carbocycles. The van der Waals surface area contributed by atoms with Crippen molar-refractivity contribution >= 4 is 12.2 Å². The fraction of sp³-hybridized carbons (Fsp3) is 0.267. The summed E-state index contributed by atoms with van der Waals surface area (Å²) in [5.41, 5.74) is 1.68. The van der Waals surface area contributed by atoms with Crippen LogP contribution in [0.4, 0.5) is 5.82 Å². The number of aliphatic imine (C=N–C) groups is 1. The molecule has 1 aromatic heterocycles. The average molecular weight is 268 g/mol. The number of ether oxygens (including phenoxy) is 1. The van der Waals surface area contributed by atoms with E-state index in [0.29, 0.717) is 24.5 Å². The average Bonchev–Trinajstić information content (AvgIpc) is 2.89. The smallest absolute Gasteiger partial charge is 0.176 e. The van der Waals surface area contributed by atoms with Crippen LogP contribution in [-0.4, -0.2) is 22.8 Å². The van der Waals surface area contributed by atoms with Crippen molar-refractivity contribution in [3.8, 4) is 6.07 Å². The van der Waals surface area contributed by atoms with Crippen LogP contribution < -0.4 is 0 Å². The Bertz CT molecular complexity index is 611. The molecule has 102 valence electrons. The molecule has 20 heavy (non-hydrogen) atoms. The van der Waals surface area contributed by atoms with Gasteiger partial charge in [-0.3, -0.25) is 0 Å². The zero-order valence-electron chi connectivity index (χ0n) is 11.4. The Morgan fingerprint density at radius 3 is 2.90 bits per heavy atom. The molecule has 0 aliphatic rings. The SMILES string of the molecule is CCO/C=N/c1c(C#N)cnn1CCc1ccccc1. The summed E-state index contributed by atoms with van der Waals surface area (Å²) in [6.07, 6.45) is 3.73. The van der Waals surface area contributed by atoms with E-state index in [0.717, 1.165) is 6.42 Å². The third-order valence-electron chi connectivity index (χ3n) is 2.80. The van der Waals surface area contributed by atoms with Crippen molar-refractivity contribution in [2.24, 2.45) is 4.99 Å². The monoisotopic (exact) mass is 268 g/mol. The third kappa shape index (κ3) is 3.45. The van der Waals surface area contributed by atoms with Crippen molar-refractivity contribution in [1.29, 1.82) is 5.26 Å². The highest BCUT2D eigenvalue weighted by Crippen LogP contribution is 2.18. The maximum absolute atomic E-state index is 9.06. The zero-order chi connectivity index (χ0) is 14.2. The number of nitriles is 1. The first-order chi connectivity index (χ1) is 9.85. The maximum Gasteiger partial charge on any atom is 0.176 e. The van der Waals surface area contributed by atoms with Crippen molar-refractivity contribution in [2.45, 2.75) is 19.9 Å². The summed E-state index contributed by atoms with van der Waals surface area (Å²) in [7, 11) is 0. The molecule has 0 bridgehead atoms. The van der Waals surface area contributed by atoms with Gasteiger partial charge in [0.2, 0.25) is 0 Å². The lowest BCUT2D eigenvalue weighted by Crippen LogP contribution is -2.03. The van der Waals surface area contributed by atoms with Crippen LogP contribution in [0.2, 0.25) is 0 Å². The summed E-state index contributed by atoms with van der Waals surface area (Å²) in [4.78, 5) is 4.17. The lowest BCUT2D eigenvalue weighted by molar-refractivity contribution is 0.343. The van der Waals surface area contributed by atoms with Gasteiger partial charge < -0.3 is 4.74 Å². The van der Waals surface area contributed by atoms with Crippen molar-refractivity contribution in [3.63, 3.8) is 0 Å². The quantitative estimate of drug-likeness (QED) is 0.597. The van der Waals surface area contributed by atoms with Crippen LogP contribution in [0.5, 0.6) is 0 Å². The molecule has 5 nitrogen and oxygen atoms in total. The predicted octanol–water partition coefficient (Wildman–Crippen LogP) is 2.69. The maximum atomic E-state index is 9.06. The van der Waals surface area contributed by atoms with E-state index in [-0.39, 0.29) is 0 Å². The minimum Gasteiger partial charge on any atom is -0.483 e. The van der Waals surface area contributed by atoms with E-state index in [1.54, 1.807) is 4.68 Å². The minimum atomic E-state index is 0.453. The molecule has 0 saturated carbocycles. The highest BCUT2D eigenvalue weighted by molar-refractivity contribution is 5.58. The first-order valence-electron chi connectivity index (χ1n) is 6.49. The molecule has 1 heterocycles. The summed E-state index contributed by atoms with van der Waals surface area (Å²) in [6, 6.07) is 12.2. The number of hydrogen-bond donors (Lipinski definition) is 0. The van der Waals surface area contributed by atoms with Gasteiger partial charge in [0.25, 0.3) is 0 Å². The topological polar surface area (TPSA) is 63.2 Å². The number of rotatable bonds is 6. The highest BCUT2D eigenvalue weighted by Gasteiger charge is 2.09. The Morgan fingerprint density at radius 2 is 2.20 bits per heavy atom. The molecule has 0 saturated heterocycles. The molecule has 0 N–H and O–H groups in total. The predicted molar refractivity (Wildman–Crippen MR) is 76.9 cm³/mol. The molecule has 0 spiro atoms. The first kappa shape index (κ1) is 13.8. The largest absolute Gasteiger partial charge is 0.483 e. The summed E-state index contributed by atoms with van der Waals surface area (Å²) >= 11 is 0. The van der Waals surface area contributed by atoms with Crippen LogP contribution in [-0.2, 0) is 17.7 Å². The van der Waals surface area contributed by atoms with Gasteiger partial charge in [-0.05, 0) is 18.9 Å². The molecule has 1 aromatic carbocycles. The number of nitrogens with zero attached hydrogens (tertiary/aromatic N) is 4. The molecule has 0 unspecified atom stereocenters. The lowest BCUT2D eigenvalue weighted by atomic mass is 10.1. The van der Waals surface area contributed by atoms with Crippen LogP contribution >= 0.6 is 0 Å². The second-order valence-corrected chi connectivity index (χ2v) is 4.14. The fourth-order valence-corrected chi connectivity index (χ4v) is 1.80. The Kier molecular flexibility index (Phi) is 4.90. The fourth-order valence-electron chi connectivity index (χ4n) is 1.80. The van der Waals surface area contributed by atoms with Gasteiger partial charge in [-0.15, -0.1) is 0 Å². The van der Waals surface area contributed by atoms with Gasteiger partial charge in [-0.25, -0.2) is 4.68 Å². The van der Waals surface area contributed by atoms with Crippen LogP contribution in [0.15, 0.2) is 41.5 Å². The van der Waals surface area contributed by atoms with Gasteiger partial charge in [-0.1, -0.05) is 30.3 Å². The summed E-state index contributed by atoms with van der Waals surface area (Å²) in [6.45, 7) is 3.10. The van der Waals surface area contributed by atoms with Gasteiger partial charge in [0, 0.05) is 6.54 Å². The Balaban J connectivity index is 2.11. The van der Waals surface area contributed by atoms with Crippen molar-refractivity contribution in [2.75, 3.05) is 6.61 Å². The lowest BCUT2D eigenvalue weighted by Gasteiger charge is -2.04. The molecule has 0 fully saturated rings. The summed E-state index contributed by atoms with van der Waals surface area (Å²) in [5.74, 6) is 0.539. The van der Waals surface area contributed by atoms with Crippen LogP contribution in [0, 0.1) is 11.3 Å². The van der Waals surface area contributed by atoms with Crippen LogP contribution in [0.1, 0.15) is 18.1 Å². The van der Waals surface area contributed by atoms with Gasteiger partial charge in [0.05, 0.1) is 12.8 Å². The summed E-state index contributed by atoms with van der Waals surface area (Å²) < 4.78 is 6.81. The van der Waals surface area contributed by atoms with E-state index in [1.807, 2.05) is 25.1 Å². The second-order valence-electron chi connectivity index (χ2n) is 4.14. The van der Waals surface area contributed by atoms with Crippen molar-refractivity contribution < 1.29 is 4.74 Å². The van der Waals surface area contributed by atoms with Crippen LogP contribution in [0.3, 0.4) is 0 Å². The van der Waals surface area contributed by atoms with Gasteiger partial charge in [0.15, 0.2) is 12.2 Å². The number of aromatic nitrogens is 2. The number of benzene rings is 1. The Morgan fingerprint density at radius 1 is 1.40 bits per heavy atom. The molecule has 0 aliphatic heterocycles. The van der Waals surface area contributed by atoms with E-state index < -0.39 is 0 Å². The van der Waals surface area contributed by atoms with Crippen molar-refractivity contribution in [1.82, 2.24) is 9.78 Å². The highest BCUT2D eigenvalue weighted by atomic mass is 16.5. The van der Waals surface area contributed by atoms with E-state index in [1.165, 1.54) is 18.2 Å². The van der Waals surface area contributed by atoms with E-state index in [4.69, 9.17) is 10.00 Å². The molecular weight excluding hydrogens is 252 g/mol. The van der Waals surface area contributed by atoms with Crippen LogP contribution in [0.25, 0.3) is 0 Å². The second kappa shape index (κ2) is 7.10. The van der Waals surface area contributed by atoms with E-state index in [2.05, 4.69) is 28.3 Å². The molecule has 0 atom stereocenters. The van der Waals surface area contributed by atoms with E-state index >= 15 is 0 Å².